The number of carbonyl (C=O) groups excluding carboxylic acids is 1. The van der Waals surface area contributed by atoms with Crippen LogP contribution < -0.4 is 25.7 Å². The van der Waals surface area contributed by atoms with E-state index in [1.54, 1.807) is 50.6 Å². The summed E-state index contributed by atoms with van der Waals surface area (Å²) in [6, 6.07) is 20.0. The highest BCUT2D eigenvalue weighted by Gasteiger charge is 2.14. The predicted molar refractivity (Wildman–Crippen MR) is 140 cm³/mol. The molecule has 0 aliphatic heterocycles. The fraction of sp³-hybridized carbons (Fsp3) is 0.185. The van der Waals surface area contributed by atoms with E-state index >= 15 is 0 Å². The van der Waals surface area contributed by atoms with Gasteiger partial charge in [0.2, 0.25) is 5.91 Å². The molecule has 0 fully saturated rings. The second-order valence-corrected chi connectivity index (χ2v) is 8.54. The van der Waals surface area contributed by atoms with Crippen molar-refractivity contribution in [1.29, 1.82) is 0 Å². The fourth-order valence-electron chi connectivity index (χ4n) is 3.88. The molecule has 0 aliphatic rings. The number of carbonyl (C=O) groups is 1. The SMILES string of the molecule is COc1ccc(NCc2cc3ccc(C)cc3n(CC(=O)Nc3cccc(Cl)c3)c2=O)cc1OC. The summed E-state index contributed by atoms with van der Waals surface area (Å²) in [5, 5.41) is 7.47. The van der Waals surface area contributed by atoms with E-state index in [1.807, 2.05) is 37.3 Å². The van der Waals surface area contributed by atoms with Crippen LogP contribution in [-0.4, -0.2) is 24.7 Å². The van der Waals surface area contributed by atoms with E-state index in [0.29, 0.717) is 33.3 Å². The Morgan fingerprint density at radius 3 is 2.49 bits per heavy atom. The largest absolute Gasteiger partial charge is 0.493 e. The lowest BCUT2D eigenvalue weighted by atomic mass is 10.1. The van der Waals surface area contributed by atoms with Crippen molar-refractivity contribution >= 4 is 39.8 Å². The smallest absolute Gasteiger partial charge is 0.256 e. The summed E-state index contributed by atoms with van der Waals surface area (Å²) in [6.45, 7) is 2.09. The third kappa shape index (κ3) is 5.58. The Hall–Kier alpha value is -3.97. The number of aryl methyl sites for hydroxylation is 1. The first-order valence-corrected chi connectivity index (χ1v) is 11.4. The monoisotopic (exact) mass is 491 g/mol. The quantitative estimate of drug-likeness (QED) is 0.352. The van der Waals surface area contributed by atoms with Crippen LogP contribution in [0.25, 0.3) is 10.9 Å². The number of rotatable bonds is 8. The van der Waals surface area contributed by atoms with Gasteiger partial charge in [0, 0.05) is 34.6 Å². The lowest BCUT2D eigenvalue weighted by Gasteiger charge is -2.15. The molecule has 4 rings (SSSR count). The van der Waals surface area contributed by atoms with Crippen molar-refractivity contribution in [3.05, 3.63) is 93.2 Å². The van der Waals surface area contributed by atoms with Crippen LogP contribution in [0.5, 0.6) is 11.5 Å². The van der Waals surface area contributed by atoms with E-state index in [0.717, 1.165) is 16.6 Å². The van der Waals surface area contributed by atoms with Gasteiger partial charge in [-0.3, -0.25) is 14.2 Å². The number of hydrogen-bond acceptors (Lipinski definition) is 5. The number of anilines is 2. The summed E-state index contributed by atoms with van der Waals surface area (Å²) in [5.41, 5.74) is 3.34. The van der Waals surface area contributed by atoms with Crippen LogP contribution in [-0.2, 0) is 17.9 Å². The van der Waals surface area contributed by atoms with Gasteiger partial charge in [-0.15, -0.1) is 0 Å². The van der Waals surface area contributed by atoms with Gasteiger partial charge < -0.3 is 20.1 Å². The Morgan fingerprint density at radius 1 is 0.943 bits per heavy atom. The summed E-state index contributed by atoms with van der Waals surface area (Å²) in [4.78, 5) is 26.3. The minimum Gasteiger partial charge on any atom is -0.493 e. The molecule has 0 bridgehead atoms. The molecule has 0 spiro atoms. The van der Waals surface area contributed by atoms with Gasteiger partial charge in [0.15, 0.2) is 11.5 Å². The average molecular weight is 492 g/mol. The molecule has 0 unspecified atom stereocenters. The number of nitrogens with one attached hydrogen (secondary N) is 2. The van der Waals surface area contributed by atoms with E-state index in [2.05, 4.69) is 10.6 Å². The fourth-order valence-corrected chi connectivity index (χ4v) is 4.07. The predicted octanol–water partition coefficient (Wildman–Crippen LogP) is 5.23. The maximum Gasteiger partial charge on any atom is 0.256 e. The second-order valence-electron chi connectivity index (χ2n) is 8.10. The molecule has 2 N–H and O–H groups in total. The summed E-state index contributed by atoms with van der Waals surface area (Å²) in [7, 11) is 3.15. The van der Waals surface area contributed by atoms with E-state index in [1.165, 1.54) is 4.57 Å². The van der Waals surface area contributed by atoms with Gasteiger partial charge in [0.05, 0.1) is 19.7 Å². The van der Waals surface area contributed by atoms with Crippen molar-refractivity contribution < 1.29 is 14.3 Å². The number of hydrogen-bond donors (Lipinski definition) is 2. The van der Waals surface area contributed by atoms with Crippen LogP contribution in [0.4, 0.5) is 11.4 Å². The first-order chi connectivity index (χ1) is 16.9. The molecule has 180 valence electrons. The minimum absolute atomic E-state index is 0.129. The Kier molecular flexibility index (Phi) is 7.27. The molecule has 0 aliphatic carbocycles. The molecular weight excluding hydrogens is 466 g/mol. The molecular formula is C27H26ClN3O4. The standard InChI is InChI=1S/C27H26ClN3O4/c1-17-7-8-18-12-19(15-29-21-9-10-24(34-2)25(14-21)35-3)27(33)31(23(18)11-17)16-26(32)30-22-6-4-5-20(28)13-22/h4-14,29H,15-16H2,1-3H3,(H,30,32). The number of fused-ring (bicyclic) bond motifs is 1. The summed E-state index contributed by atoms with van der Waals surface area (Å²) < 4.78 is 12.1. The molecule has 0 radical (unpaired) electrons. The number of pyridine rings is 1. The van der Waals surface area contributed by atoms with Crippen molar-refractivity contribution in [2.75, 3.05) is 24.9 Å². The van der Waals surface area contributed by atoms with Crippen molar-refractivity contribution in [2.24, 2.45) is 0 Å². The van der Waals surface area contributed by atoms with Crippen LogP contribution >= 0.6 is 11.6 Å². The molecule has 0 saturated heterocycles. The van der Waals surface area contributed by atoms with Crippen LogP contribution in [0.3, 0.4) is 0 Å². The Bertz CT molecular complexity index is 1450. The number of methoxy groups -OCH3 is 2. The van der Waals surface area contributed by atoms with Crippen LogP contribution in [0.15, 0.2) is 71.5 Å². The van der Waals surface area contributed by atoms with Gasteiger partial charge >= 0.3 is 0 Å². The topological polar surface area (TPSA) is 81.6 Å². The van der Waals surface area contributed by atoms with Gasteiger partial charge in [-0.2, -0.15) is 0 Å². The zero-order valence-corrected chi connectivity index (χ0v) is 20.5. The van der Waals surface area contributed by atoms with Crippen molar-refractivity contribution in [1.82, 2.24) is 4.57 Å². The zero-order valence-electron chi connectivity index (χ0n) is 19.7. The van der Waals surface area contributed by atoms with Crippen LogP contribution in [0.2, 0.25) is 5.02 Å². The molecule has 0 atom stereocenters. The number of ether oxygens (including phenoxy) is 2. The number of nitrogens with zero attached hydrogens (tertiary/aromatic N) is 1. The third-order valence-corrected chi connectivity index (χ3v) is 5.84. The van der Waals surface area contributed by atoms with Gasteiger partial charge in [-0.25, -0.2) is 0 Å². The molecule has 7 nitrogen and oxygen atoms in total. The lowest BCUT2D eigenvalue weighted by molar-refractivity contribution is -0.116. The highest BCUT2D eigenvalue weighted by Crippen LogP contribution is 2.30. The van der Waals surface area contributed by atoms with Crippen molar-refractivity contribution in [2.45, 2.75) is 20.0 Å². The normalized spacial score (nSPS) is 10.7. The van der Waals surface area contributed by atoms with Crippen LogP contribution in [0.1, 0.15) is 11.1 Å². The molecule has 35 heavy (non-hydrogen) atoms. The molecule has 0 saturated carbocycles. The highest BCUT2D eigenvalue weighted by atomic mass is 35.5. The summed E-state index contributed by atoms with van der Waals surface area (Å²) >= 11 is 6.02. The maximum absolute atomic E-state index is 13.5. The highest BCUT2D eigenvalue weighted by molar-refractivity contribution is 6.30. The van der Waals surface area contributed by atoms with Crippen molar-refractivity contribution in [3.8, 4) is 11.5 Å². The number of amides is 1. The molecule has 1 amide bonds. The van der Waals surface area contributed by atoms with Crippen molar-refractivity contribution in [3.63, 3.8) is 0 Å². The van der Waals surface area contributed by atoms with Gasteiger partial charge in [-0.1, -0.05) is 29.8 Å². The summed E-state index contributed by atoms with van der Waals surface area (Å²) in [6.07, 6.45) is 0. The molecule has 1 aromatic heterocycles. The van der Waals surface area contributed by atoms with Gasteiger partial charge in [0.25, 0.3) is 5.56 Å². The summed E-state index contributed by atoms with van der Waals surface area (Å²) in [5.74, 6) is 0.885. The van der Waals surface area contributed by atoms with E-state index in [4.69, 9.17) is 21.1 Å². The maximum atomic E-state index is 13.5. The zero-order chi connectivity index (χ0) is 24.9. The van der Waals surface area contributed by atoms with E-state index in [-0.39, 0.29) is 24.6 Å². The molecule has 3 aromatic carbocycles. The lowest BCUT2D eigenvalue weighted by Crippen LogP contribution is -2.30. The average Bonchev–Trinajstić information content (AvgIpc) is 2.84. The van der Waals surface area contributed by atoms with E-state index < -0.39 is 0 Å². The Balaban J connectivity index is 1.64. The third-order valence-electron chi connectivity index (χ3n) is 5.60. The van der Waals surface area contributed by atoms with Gasteiger partial charge in [0.1, 0.15) is 6.54 Å². The first kappa shape index (κ1) is 24.2. The Morgan fingerprint density at radius 2 is 1.74 bits per heavy atom. The Labute approximate surface area is 208 Å². The molecule has 1 heterocycles. The van der Waals surface area contributed by atoms with Gasteiger partial charge in [-0.05, 0) is 60.3 Å². The number of aromatic nitrogens is 1. The minimum atomic E-state index is -0.317. The molecule has 4 aromatic rings. The second kappa shape index (κ2) is 10.5. The van der Waals surface area contributed by atoms with E-state index in [9.17, 15) is 9.59 Å². The first-order valence-electron chi connectivity index (χ1n) is 11.0. The van der Waals surface area contributed by atoms with Crippen LogP contribution in [0, 0.1) is 6.92 Å². The molecule has 8 heteroatoms. The number of benzene rings is 3. The number of halogens is 1.